The lowest BCUT2D eigenvalue weighted by Crippen LogP contribution is -2.44. The normalized spacial score (nSPS) is 20.3. The predicted molar refractivity (Wildman–Crippen MR) is 115 cm³/mol. The third-order valence-electron chi connectivity index (χ3n) is 6.15. The zero-order valence-electron chi connectivity index (χ0n) is 18.2. The summed E-state index contributed by atoms with van der Waals surface area (Å²) in [5, 5.41) is 0. The number of carbonyl (C=O) groups is 2. The average Bonchev–Trinajstić information content (AvgIpc) is 3.38. The summed E-state index contributed by atoms with van der Waals surface area (Å²) >= 11 is 0. The van der Waals surface area contributed by atoms with Gasteiger partial charge in [-0.05, 0) is 56.2 Å². The van der Waals surface area contributed by atoms with Crippen LogP contribution < -0.4 is 0 Å². The number of likely N-dealkylation sites (tertiary alicyclic amines) is 2. The first-order valence-electron chi connectivity index (χ1n) is 11.1. The second kappa shape index (κ2) is 8.66. The summed E-state index contributed by atoms with van der Waals surface area (Å²) in [5.74, 6) is 1.37. The maximum absolute atomic E-state index is 13.3. The lowest BCUT2D eigenvalue weighted by molar-refractivity contribution is -0.138. The van der Waals surface area contributed by atoms with Gasteiger partial charge in [-0.2, -0.15) is 0 Å². The first-order valence-corrected chi connectivity index (χ1v) is 11.1. The number of amides is 2. The minimum atomic E-state index is -0.258. The van der Waals surface area contributed by atoms with Gasteiger partial charge in [-0.3, -0.25) is 4.79 Å². The summed E-state index contributed by atoms with van der Waals surface area (Å²) < 4.78 is 5.33. The number of nitrogens with zero attached hydrogens (tertiary/aromatic N) is 3. The number of H-pyrrole nitrogens is 1. The zero-order valence-corrected chi connectivity index (χ0v) is 18.2. The van der Waals surface area contributed by atoms with E-state index in [9.17, 15) is 9.59 Å². The van der Waals surface area contributed by atoms with Gasteiger partial charge in [0, 0.05) is 25.6 Å². The Morgan fingerprint density at radius 2 is 1.97 bits per heavy atom. The highest BCUT2D eigenvalue weighted by atomic mass is 16.6. The highest BCUT2D eigenvalue weighted by Gasteiger charge is 2.37. The van der Waals surface area contributed by atoms with Crippen molar-refractivity contribution in [2.75, 3.05) is 26.2 Å². The molecule has 7 nitrogen and oxygen atoms in total. The number of aryl methyl sites for hydroxylation is 1. The molecule has 0 aliphatic carbocycles. The molecule has 4 rings (SSSR count). The SMILES string of the molecule is Cc1ccc2nc(C3CCCN3C(=O)C3CCN(C(=O)OCC(C)C)CC3)[nH]c2c1. The third kappa shape index (κ3) is 4.30. The topological polar surface area (TPSA) is 78.5 Å². The van der Waals surface area contributed by atoms with Crippen molar-refractivity contribution >= 4 is 23.0 Å². The summed E-state index contributed by atoms with van der Waals surface area (Å²) in [5.41, 5.74) is 3.16. The van der Waals surface area contributed by atoms with Crippen LogP contribution in [0, 0.1) is 18.8 Å². The van der Waals surface area contributed by atoms with Gasteiger partial charge in [0.1, 0.15) is 5.82 Å². The van der Waals surface area contributed by atoms with Gasteiger partial charge in [-0.15, -0.1) is 0 Å². The monoisotopic (exact) mass is 412 g/mol. The number of aromatic amines is 1. The second-order valence-corrected chi connectivity index (χ2v) is 9.06. The van der Waals surface area contributed by atoms with E-state index in [1.165, 1.54) is 5.56 Å². The van der Waals surface area contributed by atoms with E-state index in [1.807, 2.05) is 24.8 Å². The fourth-order valence-electron chi connectivity index (χ4n) is 4.49. The number of fused-ring (bicyclic) bond motifs is 1. The molecular formula is C23H32N4O3. The number of aromatic nitrogens is 2. The van der Waals surface area contributed by atoms with Crippen LogP contribution in [0.15, 0.2) is 18.2 Å². The molecular weight excluding hydrogens is 380 g/mol. The minimum absolute atomic E-state index is 0.0132. The van der Waals surface area contributed by atoms with Crippen LogP contribution in [0.1, 0.15) is 57.0 Å². The van der Waals surface area contributed by atoms with Crippen LogP contribution in [0.2, 0.25) is 0 Å². The summed E-state index contributed by atoms with van der Waals surface area (Å²) in [6.45, 7) is 8.48. The summed E-state index contributed by atoms with van der Waals surface area (Å²) in [6, 6.07) is 6.20. The molecule has 1 atom stereocenters. The van der Waals surface area contributed by atoms with Gasteiger partial charge < -0.3 is 19.5 Å². The van der Waals surface area contributed by atoms with E-state index in [2.05, 4.69) is 24.0 Å². The smallest absolute Gasteiger partial charge is 0.409 e. The van der Waals surface area contributed by atoms with E-state index < -0.39 is 0 Å². The molecule has 0 bridgehead atoms. The molecule has 0 spiro atoms. The minimum Gasteiger partial charge on any atom is -0.449 e. The number of ether oxygens (including phenoxy) is 1. The quantitative estimate of drug-likeness (QED) is 0.822. The summed E-state index contributed by atoms with van der Waals surface area (Å²) in [7, 11) is 0. The molecule has 1 aromatic carbocycles. The van der Waals surface area contributed by atoms with Crippen LogP contribution in [-0.4, -0.2) is 58.0 Å². The molecule has 2 amide bonds. The molecule has 2 aromatic rings. The van der Waals surface area contributed by atoms with Crippen molar-refractivity contribution in [2.24, 2.45) is 11.8 Å². The molecule has 0 radical (unpaired) electrons. The lowest BCUT2D eigenvalue weighted by Gasteiger charge is -2.34. The fourth-order valence-corrected chi connectivity index (χ4v) is 4.49. The van der Waals surface area contributed by atoms with Gasteiger partial charge in [0.25, 0.3) is 0 Å². The molecule has 30 heavy (non-hydrogen) atoms. The Kier molecular flexibility index (Phi) is 5.97. The number of nitrogens with one attached hydrogen (secondary N) is 1. The maximum atomic E-state index is 13.3. The molecule has 162 valence electrons. The van der Waals surface area contributed by atoms with Gasteiger partial charge in [-0.1, -0.05) is 19.9 Å². The van der Waals surface area contributed by atoms with Crippen molar-refractivity contribution in [1.82, 2.24) is 19.8 Å². The molecule has 1 unspecified atom stereocenters. The van der Waals surface area contributed by atoms with Crippen molar-refractivity contribution in [2.45, 2.75) is 52.5 Å². The van der Waals surface area contributed by atoms with Crippen LogP contribution >= 0.6 is 0 Å². The number of imidazole rings is 1. The van der Waals surface area contributed by atoms with Crippen molar-refractivity contribution < 1.29 is 14.3 Å². The number of benzene rings is 1. The molecule has 7 heteroatoms. The standard InChI is InChI=1S/C23H32N4O3/c1-15(2)14-30-23(29)26-11-8-17(9-12-26)22(28)27-10-4-5-20(27)21-24-18-7-6-16(3)13-19(18)25-21/h6-7,13,15,17,20H,4-5,8-12,14H2,1-3H3,(H,24,25). The van der Waals surface area contributed by atoms with E-state index in [-0.39, 0.29) is 24.0 Å². The van der Waals surface area contributed by atoms with Crippen molar-refractivity contribution in [3.8, 4) is 0 Å². The van der Waals surface area contributed by atoms with Gasteiger partial charge in [0.05, 0.1) is 23.7 Å². The Morgan fingerprint density at radius 1 is 1.20 bits per heavy atom. The van der Waals surface area contributed by atoms with Gasteiger partial charge >= 0.3 is 6.09 Å². The number of rotatable bonds is 4. The highest BCUT2D eigenvalue weighted by Crippen LogP contribution is 2.34. The van der Waals surface area contributed by atoms with E-state index in [1.54, 1.807) is 4.90 Å². The van der Waals surface area contributed by atoms with E-state index >= 15 is 0 Å². The van der Waals surface area contributed by atoms with Gasteiger partial charge in [0.15, 0.2) is 0 Å². The van der Waals surface area contributed by atoms with Crippen LogP contribution in [0.4, 0.5) is 4.79 Å². The average molecular weight is 413 g/mol. The Hall–Kier alpha value is -2.57. The molecule has 1 N–H and O–H groups in total. The van der Waals surface area contributed by atoms with Crippen LogP contribution in [0.3, 0.4) is 0 Å². The molecule has 2 aliphatic heterocycles. The Labute approximate surface area is 177 Å². The van der Waals surface area contributed by atoms with E-state index in [4.69, 9.17) is 9.72 Å². The summed E-state index contributed by atoms with van der Waals surface area (Å²) in [4.78, 5) is 37.4. The fraction of sp³-hybridized carbons (Fsp3) is 0.609. The number of hydrogen-bond acceptors (Lipinski definition) is 4. The van der Waals surface area contributed by atoms with E-state index in [0.29, 0.717) is 38.5 Å². The number of hydrogen-bond donors (Lipinski definition) is 1. The third-order valence-corrected chi connectivity index (χ3v) is 6.15. The van der Waals surface area contributed by atoms with Crippen LogP contribution in [-0.2, 0) is 9.53 Å². The van der Waals surface area contributed by atoms with Crippen LogP contribution in [0.25, 0.3) is 11.0 Å². The Balaban J connectivity index is 1.38. The first kappa shape index (κ1) is 20.7. The largest absolute Gasteiger partial charge is 0.449 e. The van der Waals surface area contributed by atoms with Crippen LogP contribution in [0.5, 0.6) is 0 Å². The molecule has 3 heterocycles. The molecule has 2 fully saturated rings. The summed E-state index contributed by atoms with van der Waals surface area (Å²) in [6.07, 6.45) is 3.06. The molecule has 2 saturated heterocycles. The van der Waals surface area contributed by atoms with Crippen molar-refractivity contribution in [3.05, 3.63) is 29.6 Å². The first-order chi connectivity index (χ1) is 14.4. The highest BCUT2D eigenvalue weighted by molar-refractivity contribution is 5.81. The maximum Gasteiger partial charge on any atom is 0.409 e. The lowest BCUT2D eigenvalue weighted by atomic mass is 9.95. The van der Waals surface area contributed by atoms with Crippen molar-refractivity contribution in [1.29, 1.82) is 0 Å². The number of carbonyl (C=O) groups excluding carboxylic acids is 2. The molecule has 1 aromatic heterocycles. The number of piperidine rings is 1. The second-order valence-electron chi connectivity index (χ2n) is 9.06. The Morgan fingerprint density at radius 3 is 2.70 bits per heavy atom. The predicted octanol–water partition coefficient (Wildman–Crippen LogP) is 4.04. The Bertz CT molecular complexity index is 914. The van der Waals surface area contributed by atoms with Gasteiger partial charge in [-0.25, -0.2) is 9.78 Å². The van der Waals surface area contributed by atoms with Crippen molar-refractivity contribution in [3.63, 3.8) is 0 Å². The molecule has 0 saturated carbocycles. The molecule has 2 aliphatic rings. The van der Waals surface area contributed by atoms with E-state index in [0.717, 1.165) is 36.2 Å². The zero-order chi connectivity index (χ0) is 21.3. The van der Waals surface area contributed by atoms with Gasteiger partial charge in [0.2, 0.25) is 5.91 Å².